The summed E-state index contributed by atoms with van der Waals surface area (Å²) in [6.45, 7) is 25.9. The minimum absolute atomic E-state index is 0.00256. The molecular weight excluding hydrogens is 893 g/mol. The molecule has 5 unspecified atom stereocenters. The first kappa shape index (κ1) is 66.5. The number of carbonyl (C=O) groups excluding carboxylic acids is 3. The fourth-order valence-corrected chi connectivity index (χ4v) is 7.63. The number of hydrogen-bond acceptors (Lipinski definition) is 8. The van der Waals surface area contributed by atoms with Crippen LogP contribution in [-0.4, -0.2) is 126 Å². The largest absolute Gasteiger partial charge is 0.497 e. The second kappa shape index (κ2) is 39.2. The van der Waals surface area contributed by atoms with Crippen molar-refractivity contribution in [3.05, 3.63) is 83.7 Å². The average molecular weight is 987 g/mol. The van der Waals surface area contributed by atoms with E-state index in [0.29, 0.717) is 25.5 Å². The molecule has 1 aliphatic carbocycles. The SMILES string of the molecule is CC.CC.CC.CCCCC/C=C\C(C)C(NC=O)C(=O)O.COC/C1=C/CC(c2ccccc2)=NC2C=C(OC)C=CC1C2.C[C@@H]1CCCN1C(=O)CNC(=O)N[C@H](CN(C)S(C)=O)C(C)(C)C. The predicted molar refractivity (Wildman–Crippen MR) is 288 cm³/mol. The van der Waals surface area contributed by atoms with Crippen LogP contribution in [-0.2, 0) is 34.8 Å². The van der Waals surface area contributed by atoms with Crippen LogP contribution in [0.4, 0.5) is 4.79 Å². The summed E-state index contributed by atoms with van der Waals surface area (Å²) in [6, 6.07) is 9.38. The third-order valence-corrected chi connectivity index (χ3v) is 12.3. The zero-order chi connectivity index (χ0) is 53.0. The fraction of sp³-hybridized carbons (Fsp3) is 0.648. The molecule has 1 aromatic rings. The van der Waals surface area contributed by atoms with Crippen molar-refractivity contribution in [2.75, 3.05) is 53.8 Å². The number of fused-ring (bicyclic) bond motifs is 2. The number of carboxylic acid groups (broad SMARTS) is 1. The van der Waals surface area contributed by atoms with Gasteiger partial charge in [0.1, 0.15) is 11.8 Å². The molecule has 15 heteroatoms. The maximum absolute atomic E-state index is 12.2. The highest BCUT2D eigenvalue weighted by Gasteiger charge is 2.30. The molecule has 394 valence electrons. The van der Waals surface area contributed by atoms with Crippen LogP contribution in [0.1, 0.15) is 140 Å². The Hall–Kier alpha value is -4.60. The molecule has 0 aromatic heterocycles. The van der Waals surface area contributed by atoms with Gasteiger partial charge in [-0.05, 0) is 74.8 Å². The number of aliphatic carboxylic acids is 1. The number of likely N-dealkylation sites (tertiary alicyclic amines) is 1. The highest BCUT2D eigenvalue weighted by atomic mass is 32.2. The third-order valence-electron chi connectivity index (χ3n) is 11.3. The smallest absolute Gasteiger partial charge is 0.326 e. The minimum atomic E-state index is -1.10. The van der Waals surface area contributed by atoms with Gasteiger partial charge in [0.15, 0.2) is 0 Å². The van der Waals surface area contributed by atoms with Crippen molar-refractivity contribution in [3.63, 3.8) is 0 Å². The standard InChI is InChI=1S/C20H23NO2.C16H32N4O3S.C12H21NO3.3C2H6/c1-22-14-17-9-11-20(15-6-4-3-5-7-15)21-18-12-16(17)8-10-19(13-18)23-2;1-12-8-7-9-20(12)14(21)10-17-15(22)18-13(16(2,3)4)11-19(5)24(6)23;1-3-4-5-6-7-8-10(2)11(12(15)16)13-9-14;3*1-2/h3-10,13,16,18H,11-12,14H2,1-2H3;12-13H,7-11H2,1-6H3,(H2,17,18,22);7-11H,3-6H2,1-2H3,(H,13,14)(H,15,16);3*1-2H3/b17-9-,21-20?;;8-7-;;;/t;12-,13-,24?;;;;/m.1..../s1. The van der Waals surface area contributed by atoms with Crippen LogP contribution >= 0.6 is 0 Å². The molecular formula is C54H94N6O8S. The van der Waals surface area contributed by atoms with Crippen LogP contribution in [0.25, 0.3) is 0 Å². The third kappa shape index (κ3) is 27.4. The Morgan fingerprint density at radius 2 is 1.71 bits per heavy atom. The number of methoxy groups -OCH3 is 2. The van der Waals surface area contributed by atoms with Gasteiger partial charge in [0.2, 0.25) is 12.3 Å². The van der Waals surface area contributed by atoms with Gasteiger partial charge in [-0.3, -0.25) is 14.6 Å². The highest BCUT2D eigenvalue weighted by Crippen LogP contribution is 2.29. The first-order valence-corrected chi connectivity index (χ1v) is 26.7. The molecule has 1 saturated heterocycles. The minimum Gasteiger partial charge on any atom is -0.497 e. The number of amides is 4. The van der Waals surface area contributed by atoms with Gasteiger partial charge in [0.25, 0.3) is 0 Å². The Morgan fingerprint density at radius 1 is 1.06 bits per heavy atom. The summed E-state index contributed by atoms with van der Waals surface area (Å²) in [5.41, 5.74) is 3.43. The van der Waals surface area contributed by atoms with Gasteiger partial charge in [-0.1, -0.05) is 144 Å². The molecule has 0 radical (unpaired) electrons. The van der Waals surface area contributed by atoms with Crippen molar-refractivity contribution in [2.45, 2.75) is 159 Å². The summed E-state index contributed by atoms with van der Waals surface area (Å²) in [5, 5.41) is 16.7. The number of carbonyl (C=O) groups is 4. The first-order chi connectivity index (χ1) is 32.9. The second-order valence-electron chi connectivity index (χ2n) is 17.3. The normalized spacial score (nSPS) is 19.6. The summed E-state index contributed by atoms with van der Waals surface area (Å²) >= 11 is 0. The molecule has 4 N–H and O–H groups in total. The number of ether oxygens (including phenoxy) is 2. The molecule has 0 saturated carbocycles. The zero-order valence-electron chi connectivity index (χ0n) is 45.4. The Morgan fingerprint density at radius 3 is 2.23 bits per heavy atom. The summed E-state index contributed by atoms with van der Waals surface area (Å²) in [4.78, 5) is 52.2. The lowest BCUT2D eigenvalue weighted by Crippen LogP contribution is -2.54. The summed E-state index contributed by atoms with van der Waals surface area (Å²) in [7, 11) is 4.12. The average Bonchev–Trinajstić information content (AvgIpc) is 3.65. The molecule has 4 rings (SSSR count). The van der Waals surface area contributed by atoms with Crippen molar-refractivity contribution in [1.82, 2.24) is 25.2 Å². The van der Waals surface area contributed by atoms with Gasteiger partial charge < -0.3 is 35.4 Å². The van der Waals surface area contributed by atoms with Crippen molar-refractivity contribution < 1.29 is 38.0 Å². The van der Waals surface area contributed by atoms with E-state index in [2.05, 4.69) is 71.4 Å². The Kier molecular flexibility index (Phi) is 37.7. The number of nitrogens with zero attached hydrogens (tertiary/aromatic N) is 3. The second-order valence-corrected chi connectivity index (χ2v) is 18.8. The first-order valence-electron chi connectivity index (χ1n) is 25.2. The summed E-state index contributed by atoms with van der Waals surface area (Å²) in [6.07, 6.45) is 22.8. The van der Waals surface area contributed by atoms with Crippen LogP contribution in [0.5, 0.6) is 0 Å². The zero-order valence-corrected chi connectivity index (χ0v) is 46.2. The van der Waals surface area contributed by atoms with Crippen molar-refractivity contribution in [2.24, 2.45) is 22.2 Å². The number of rotatable bonds is 19. The molecule has 0 spiro atoms. The molecule has 14 nitrogen and oxygen atoms in total. The number of benzene rings is 1. The van der Waals surface area contributed by atoms with Gasteiger partial charge in [-0.2, -0.15) is 0 Å². The number of unbranched alkanes of at least 4 members (excludes halogenated alkanes) is 3. The number of urea groups is 1. The number of allylic oxidation sites excluding steroid dienone is 4. The molecule has 2 bridgehead atoms. The molecule has 1 aromatic carbocycles. The molecule has 4 amide bonds. The van der Waals surface area contributed by atoms with E-state index in [1.54, 1.807) is 38.8 Å². The molecule has 1 fully saturated rings. The molecule has 2 aliphatic heterocycles. The van der Waals surface area contributed by atoms with E-state index in [1.165, 1.54) is 24.0 Å². The van der Waals surface area contributed by atoms with E-state index >= 15 is 0 Å². The maximum atomic E-state index is 12.2. The number of nitrogens with one attached hydrogen (secondary N) is 3. The summed E-state index contributed by atoms with van der Waals surface area (Å²) in [5.74, 6) is -0.00590. The van der Waals surface area contributed by atoms with Gasteiger partial charge in [-0.15, -0.1) is 0 Å². The van der Waals surface area contributed by atoms with E-state index < -0.39 is 23.0 Å². The molecule has 69 heavy (non-hydrogen) atoms. The van der Waals surface area contributed by atoms with Gasteiger partial charge in [-0.25, -0.2) is 18.1 Å². The number of aliphatic imine (C=N–C) groups is 1. The maximum Gasteiger partial charge on any atom is 0.326 e. The van der Waals surface area contributed by atoms with Crippen molar-refractivity contribution in [1.29, 1.82) is 0 Å². The monoisotopic (exact) mass is 987 g/mol. The van der Waals surface area contributed by atoms with Gasteiger partial charge >= 0.3 is 12.0 Å². The Labute approximate surface area is 420 Å². The predicted octanol–water partition coefficient (Wildman–Crippen LogP) is 9.90. The Balaban J connectivity index is 0. The lowest BCUT2D eigenvalue weighted by Gasteiger charge is -2.33. The van der Waals surface area contributed by atoms with Crippen LogP contribution in [0.2, 0.25) is 0 Å². The van der Waals surface area contributed by atoms with Crippen molar-refractivity contribution >= 4 is 41.0 Å². The van der Waals surface area contributed by atoms with Crippen molar-refractivity contribution in [3.8, 4) is 0 Å². The van der Waals surface area contributed by atoms with Crippen LogP contribution in [0.3, 0.4) is 0 Å². The van der Waals surface area contributed by atoms with E-state index in [1.807, 2.05) is 92.4 Å². The van der Waals surface area contributed by atoms with Gasteiger partial charge in [0.05, 0.1) is 37.3 Å². The van der Waals surface area contributed by atoms with E-state index in [-0.39, 0.29) is 47.9 Å². The van der Waals surface area contributed by atoms with Crippen LogP contribution < -0.4 is 16.0 Å². The highest BCUT2D eigenvalue weighted by molar-refractivity contribution is 7.81. The molecule has 2 heterocycles. The molecule has 7 atom stereocenters. The summed E-state index contributed by atoms with van der Waals surface area (Å²) < 4.78 is 24.1. The van der Waals surface area contributed by atoms with Crippen LogP contribution in [0, 0.1) is 17.3 Å². The topological polar surface area (TPSA) is 179 Å². The Bertz CT molecular complexity index is 1760. The number of likely N-dealkylation sites (N-methyl/N-ethyl adjacent to an activating group) is 1. The molecule has 3 aliphatic rings. The van der Waals surface area contributed by atoms with E-state index in [4.69, 9.17) is 19.6 Å². The fourth-order valence-electron chi connectivity index (χ4n) is 7.28. The van der Waals surface area contributed by atoms with Gasteiger partial charge in [0, 0.05) is 62.5 Å². The van der Waals surface area contributed by atoms with E-state index in [0.717, 1.165) is 56.5 Å². The lowest BCUT2D eigenvalue weighted by molar-refractivity contribution is -0.141. The van der Waals surface area contributed by atoms with E-state index in [9.17, 15) is 23.4 Å². The lowest BCUT2D eigenvalue weighted by atomic mass is 9.87. The quantitative estimate of drug-likeness (QED) is 0.0601. The number of carboxylic acids is 1. The van der Waals surface area contributed by atoms with Crippen LogP contribution in [0.15, 0.2) is 83.1 Å². The number of hydrogen-bond donors (Lipinski definition) is 4.